The minimum Gasteiger partial charge on any atom is -0.480 e. The van der Waals surface area contributed by atoms with Crippen LogP contribution in [-0.4, -0.2) is 28.7 Å². The molecule has 0 fully saturated rings. The van der Waals surface area contributed by atoms with Crippen LogP contribution in [0.4, 0.5) is 0 Å². The van der Waals surface area contributed by atoms with Gasteiger partial charge in [-0.05, 0) is 12.0 Å². The minimum absolute atomic E-state index is 0.182. The van der Waals surface area contributed by atoms with Gasteiger partial charge in [0.05, 0.1) is 0 Å². The topological polar surface area (TPSA) is 97.5 Å². The first-order valence-corrected chi connectivity index (χ1v) is 5.98. The van der Waals surface area contributed by atoms with Crippen LogP contribution in [0.1, 0.15) is 29.8 Å². The van der Waals surface area contributed by atoms with Gasteiger partial charge in [0, 0.05) is 11.5 Å². The smallest absolute Gasteiger partial charge is 0.320 e. The fraction of sp³-hybridized carbons (Fsp3) is 0.357. The van der Waals surface area contributed by atoms with E-state index >= 15 is 0 Å². The third kappa shape index (κ3) is 3.99. The number of carbonyl (C=O) groups excluding carboxylic acids is 2. The molecule has 0 aliphatic heterocycles. The van der Waals surface area contributed by atoms with E-state index in [4.69, 9.17) is 10.8 Å². The van der Waals surface area contributed by atoms with Crippen molar-refractivity contribution in [3.63, 3.8) is 0 Å². The van der Waals surface area contributed by atoms with E-state index in [0.717, 1.165) is 0 Å². The summed E-state index contributed by atoms with van der Waals surface area (Å²) >= 11 is 0. The molecule has 0 radical (unpaired) electrons. The molecule has 0 unspecified atom stereocenters. The van der Waals surface area contributed by atoms with Crippen molar-refractivity contribution in [2.45, 2.75) is 26.3 Å². The highest BCUT2D eigenvalue weighted by molar-refractivity contribution is 6.44. The number of nitrogens with two attached hydrogens (primary N) is 1. The molecule has 102 valence electrons. The summed E-state index contributed by atoms with van der Waals surface area (Å²) < 4.78 is 0. The molecule has 0 saturated heterocycles. The van der Waals surface area contributed by atoms with Crippen molar-refractivity contribution in [3.8, 4) is 0 Å². The number of hydrogen-bond acceptors (Lipinski definition) is 4. The average Bonchev–Trinajstić information content (AvgIpc) is 2.37. The molecule has 5 nitrogen and oxygen atoms in total. The first kappa shape index (κ1) is 15.0. The zero-order chi connectivity index (χ0) is 14.6. The van der Waals surface area contributed by atoms with Gasteiger partial charge in [-0.3, -0.25) is 14.4 Å². The summed E-state index contributed by atoms with van der Waals surface area (Å²) in [7, 11) is 0. The lowest BCUT2D eigenvalue weighted by Crippen LogP contribution is -2.32. The largest absolute Gasteiger partial charge is 0.480 e. The summed E-state index contributed by atoms with van der Waals surface area (Å²) in [4.78, 5) is 33.9. The molecule has 1 aromatic carbocycles. The molecule has 0 spiro atoms. The van der Waals surface area contributed by atoms with Crippen LogP contribution in [0.3, 0.4) is 0 Å². The quantitative estimate of drug-likeness (QED) is 0.590. The van der Waals surface area contributed by atoms with Crippen LogP contribution in [-0.2, 0) is 16.0 Å². The molecule has 0 aromatic heterocycles. The summed E-state index contributed by atoms with van der Waals surface area (Å²) in [6, 6.07) is 5.30. The van der Waals surface area contributed by atoms with Crippen molar-refractivity contribution >= 4 is 17.5 Å². The van der Waals surface area contributed by atoms with Crippen LogP contribution in [0.2, 0.25) is 0 Å². The molecule has 19 heavy (non-hydrogen) atoms. The average molecular weight is 263 g/mol. The Hall–Kier alpha value is -2.01. The molecule has 0 amide bonds. The summed E-state index contributed by atoms with van der Waals surface area (Å²) in [5.74, 6) is -2.37. The Morgan fingerprint density at radius 3 is 2.11 bits per heavy atom. The SMILES string of the molecule is CC(C)C(=O)C(=O)c1ccc(C[C@H](N)C(=O)O)cc1. The Morgan fingerprint density at radius 2 is 1.68 bits per heavy atom. The third-order valence-corrected chi connectivity index (χ3v) is 2.74. The molecule has 0 bridgehead atoms. The normalized spacial score (nSPS) is 12.2. The second kappa shape index (κ2) is 6.24. The van der Waals surface area contributed by atoms with Crippen molar-refractivity contribution in [1.82, 2.24) is 0 Å². The van der Waals surface area contributed by atoms with Gasteiger partial charge in [-0.15, -0.1) is 0 Å². The van der Waals surface area contributed by atoms with E-state index in [2.05, 4.69) is 0 Å². The number of carbonyl (C=O) groups is 3. The number of hydrogen-bond donors (Lipinski definition) is 2. The molecule has 0 aliphatic rings. The van der Waals surface area contributed by atoms with Crippen LogP contribution >= 0.6 is 0 Å². The van der Waals surface area contributed by atoms with Crippen LogP contribution in [0, 0.1) is 5.92 Å². The Labute approximate surface area is 111 Å². The van der Waals surface area contributed by atoms with Gasteiger partial charge in [0.2, 0.25) is 11.6 Å². The van der Waals surface area contributed by atoms with Gasteiger partial charge in [-0.25, -0.2) is 0 Å². The van der Waals surface area contributed by atoms with E-state index in [-0.39, 0.29) is 12.3 Å². The maximum atomic E-state index is 11.8. The zero-order valence-corrected chi connectivity index (χ0v) is 10.9. The van der Waals surface area contributed by atoms with Crippen LogP contribution in [0.25, 0.3) is 0 Å². The molecule has 0 heterocycles. The van der Waals surface area contributed by atoms with E-state index in [1.54, 1.807) is 26.0 Å². The van der Waals surface area contributed by atoms with E-state index in [0.29, 0.717) is 11.1 Å². The molecule has 1 atom stereocenters. The van der Waals surface area contributed by atoms with E-state index in [1.807, 2.05) is 0 Å². The van der Waals surface area contributed by atoms with E-state index in [9.17, 15) is 14.4 Å². The van der Waals surface area contributed by atoms with Gasteiger partial charge >= 0.3 is 5.97 Å². The Bertz CT molecular complexity index is 491. The molecular formula is C14H17NO4. The highest BCUT2D eigenvalue weighted by Gasteiger charge is 2.19. The van der Waals surface area contributed by atoms with Crippen LogP contribution < -0.4 is 5.73 Å². The molecular weight excluding hydrogens is 246 g/mol. The van der Waals surface area contributed by atoms with Gasteiger partial charge in [0.15, 0.2) is 0 Å². The fourth-order valence-corrected chi connectivity index (χ4v) is 1.54. The Morgan fingerprint density at radius 1 is 1.16 bits per heavy atom. The Balaban J connectivity index is 2.79. The third-order valence-electron chi connectivity index (χ3n) is 2.74. The summed E-state index contributed by atoms with van der Waals surface area (Å²) in [5, 5.41) is 8.70. The van der Waals surface area contributed by atoms with Crippen molar-refractivity contribution in [3.05, 3.63) is 35.4 Å². The van der Waals surface area contributed by atoms with Gasteiger partial charge in [-0.1, -0.05) is 38.1 Å². The number of rotatable bonds is 6. The molecule has 3 N–H and O–H groups in total. The van der Waals surface area contributed by atoms with Gasteiger partial charge in [-0.2, -0.15) is 0 Å². The standard InChI is InChI=1S/C14H17NO4/c1-8(2)12(16)13(17)10-5-3-9(4-6-10)7-11(15)14(18)19/h3-6,8,11H,7,15H2,1-2H3,(H,18,19)/t11-/m0/s1. The lowest BCUT2D eigenvalue weighted by Gasteiger charge is -2.07. The maximum absolute atomic E-state index is 11.8. The lowest BCUT2D eigenvalue weighted by molar-refractivity contribution is -0.138. The van der Waals surface area contributed by atoms with Gasteiger partial charge in [0.25, 0.3) is 0 Å². The first-order chi connectivity index (χ1) is 8.82. The predicted molar refractivity (Wildman–Crippen MR) is 69.9 cm³/mol. The minimum atomic E-state index is -1.07. The number of Topliss-reactive ketones (excluding diaryl/α,β-unsaturated/α-hetero) is 2. The fourth-order valence-electron chi connectivity index (χ4n) is 1.54. The summed E-state index contributed by atoms with van der Waals surface area (Å²) in [6.45, 7) is 3.33. The first-order valence-electron chi connectivity index (χ1n) is 5.98. The van der Waals surface area contributed by atoms with Crippen LogP contribution in [0.15, 0.2) is 24.3 Å². The van der Waals surface area contributed by atoms with Crippen molar-refractivity contribution < 1.29 is 19.5 Å². The second-order valence-corrected chi connectivity index (χ2v) is 4.69. The van der Waals surface area contributed by atoms with Crippen molar-refractivity contribution in [1.29, 1.82) is 0 Å². The van der Waals surface area contributed by atoms with E-state index < -0.39 is 23.6 Å². The highest BCUT2D eigenvalue weighted by Crippen LogP contribution is 2.10. The molecule has 1 aromatic rings. The van der Waals surface area contributed by atoms with E-state index in [1.165, 1.54) is 12.1 Å². The summed E-state index contributed by atoms with van der Waals surface area (Å²) in [6.07, 6.45) is 0.182. The number of ketones is 2. The monoisotopic (exact) mass is 263 g/mol. The number of benzene rings is 1. The Kier molecular flexibility index (Phi) is 4.94. The summed E-state index contributed by atoms with van der Waals surface area (Å²) in [5.41, 5.74) is 6.44. The van der Waals surface area contributed by atoms with Crippen molar-refractivity contribution in [2.24, 2.45) is 11.7 Å². The number of aliphatic carboxylic acids is 1. The highest BCUT2D eigenvalue weighted by atomic mass is 16.4. The van der Waals surface area contributed by atoms with Gasteiger partial charge in [0.1, 0.15) is 6.04 Å². The molecule has 5 heteroatoms. The number of carboxylic acids is 1. The van der Waals surface area contributed by atoms with Crippen molar-refractivity contribution in [2.75, 3.05) is 0 Å². The zero-order valence-electron chi connectivity index (χ0n) is 10.9. The molecule has 1 rings (SSSR count). The molecule has 0 saturated carbocycles. The van der Waals surface area contributed by atoms with Crippen LogP contribution in [0.5, 0.6) is 0 Å². The lowest BCUT2D eigenvalue weighted by atomic mass is 9.97. The number of carboxylic acid groups (broad SMARTS) is 1. The predicted octanol–water partition coefficient (Wildman–Crippen LogP) is 1.05. The second-order valence-electron chi connectivity index (χ2n) is 4.69. The maximum Gasteiger partial charge on any atom is 0.320 e. The van der Waals surface area contributed by atoms with Gasteiger partial charge < -0.3 is 10.8 Å². The molecule has 0 aliphatic carbocycles.